The van der Waals surface area contributed by atoms with Crippen LogP contribution in [-0.4, -0.2) is 63.3 Å². The van der Waals surface area contributed by atoms with Crippen molar-refractivity contribution in [1.82, 2.24) is 19.9 Å². The van der Waals surface area contributed by atoms with Crippen molar-refractivity contribution in [2.45, 2.75) is 77.2 Å². The lowest BCUT2D eigenvalue weighted by Gasteiger charge is -2.26. The van der Waals surface area contributed by atoms with Crippen LogP contribution >= 0.6 is 0 Å². The lowest BCUT2D eigenvalue weighted by Crippen LogP contribution is -2.30. The van der Waals surface area contributed by atoms with Gasteiger partial charge in [0.15, 0.2) is 0 Å². The van der Waals surface area contributed by atoms with Gasteiger partial charge in [-0.1, -0.05) is 39.3 Å². The number of pyridine rings is 1. The lowest BCUT2D eigenvalue weighted by atomic mass is 9.87. The van der Waals surface area contributed by atoms with Crippen molar-refractivity contribution in [1.29, 1.82) is 0 Å². The topological polar surface area (TPSA) is 94.5 Å². The van der Waals surface area contributed by atoms with E-state index in [2.05, 4.69) is 60.2 Å². The first-order valence-corrected chi connectivity index (χ1v) is 15.1. The van der Waals surface area contributed by atoms with E-state index in [-0.39, 0.29) is 11.2 Å². The third-order valence-electron chi connectivity index (χ3n) is 7.85. The summed E-state index contributed by atoms with van der Waals surface area (Å²) in [4.78, 5) is 27.1. The highest BCUT2D eigenvalue weighted by atomic mass is 19.4. The normalized spacial score (nSPS) is 16.2. The summed E-state index contributed by atoms with van der Waals surface area (Å²) >= 11 is 0. The average Bonchev–Trinajstić information content (AvgIpc) is 3.20. The molecule has 250 valence electrons. The fourth-order valence-electron chi connectivity index (χ4n) is 5.41. The fraction of sp³-hybridized carbons (Fsp3) is 0.500. The van der Waals surface area contributed by atoms with Crippen LogP contribution in [0.25, 0.3) is 0 Å². The molecule has 0 radical (unpaired) electrons. The molecule has 2 aromatic heterocycles. The number of piperidine rings is 1. The number of anilines is 3. The molecule has 8 nitrogen and oxygen atoms in total. The quantitative estimate of drug-likeness (QED) is 0.281. The number of aromatic nitrogens is 3. The Morgan fingerprint density at radius 1 is 0.891 bits per heavy atom. The molecule has 0 bridgehead atoms. The molecule has 0 amide bonds. The standard InChI is InChI=1S/C30H37F3N6.C2HF3O2/c1-29(2,3)21-9-11-22(12-10-21)35-27-23-13-18-39(28-24(30(31,32)33)8-7-15-34-28)19-14-25(23)36-26(37-27)20-38-16-5-4-6-17-38;3-2(4,5)1(6)7/h7-12,15H,4-6,13-14,16-20H2,1-3H3,(H,35,36,37);(H,6,7). The van der Waals surface area contributed by atoms with Gasteiger partial charge in [-0.3, -0.25) is 4.90 Å². The van der Waals surface area contributed by atoms with E-state index in [4.69, 9.17) is 19.9 Å². The van der Waals surface area contributed by atoms with E-state index in [1.807, 2.05) is 0 Å². The van der Waals surface area contributed by atoms with E-state index in [0.717, 1.165) is 47.7 Å². The fourth-order valence-corrected chi connectivity index (χ4v) is 5.41. The van der Waals surface area contributed by atoms with E-state index in [0.29, 0.717) is 32.5 Å². The van der Waals surface area contributed by atoms with Gasteiger partial charge in [0.1, 0.15) is 17.5 Å². The Hall–Kier alpha value is -3.94. The number of nitrogens with one attached hydrogen (secondary N) is 1. The van der Waals surface area contributed by atoms with Gasteiger partial charge in [0.25, 0.3) is 0 Å². The highest BCUT2D eigenvalue weighted by Gasteiger charge is 2.38. The van der Waals surface area contributed by atoms with Crippen LogP contribution < -0.4 is 10.2 Å². The number of carboxylic acids is 1. The number of carboxylic acid groups (broad SMARTS) is 1. The number of benzene rings is 1. The molecule has 0 aliphatic carbocycles. The van der Waals surface area contributed by atoms with Crippen LogP contribution in [0, 0.1) is 0 Å². The summed E-state index contributed by atoms with van der Waals surface area (Å²) in [5.41, 5.74) is 3.38. The van der Waals surface area contributed by atoms with Crippen LogP contribution in [0.5, 0.6) is 0 Å². The molecule has 2 N–H and O–H groups in total. The smallest absolute Gasteiger partial charge is 0.475 e. The van der Waals surface area contributed by atoms with Gasteiger partial charge >= 0.3 is 18.3 Å². The Bertz CT molecular complexity index is 1480. The molecule has 1 fully saturated rings. The van der Waals surface area contributed by atoms with Gasteiger partial charge in [0, 0.05) is 37.0 Å². The second-order valence-electron chi connectivity index (χ2n) is 12.4. The predicted molar refractivity (Wildman–Crippen MR) is 162 cm³/mol. The number of nitrogens with zero attached hydrogens (tertiary/aromatic N) is 5. The summed E-state index contributed by atoms with van der Waals surface area (Å²) in [6, 6.07) is 10.8. The maximum atomic E-state index is 13.7. The van der Waals surface area contributed by atoms with Gasteiger partial charge in [0.2, 0.25) is 0 Å². The monoisotopic (exact) mass is 652 g/mol. The van der Waals surface area contributed by atoms with Gasteiger partial charge in [-0.25, -0.2) is 19.7 Å². The second-order valence-corrected chi connectivity index (χ2v) is 12.4. The van der Waals surface area contributed by atoms with Crippen LogP contribution in [0.3, 0.4) is 0 Å². The van der Waals surface area contributed by atoms with Crippen molar-refractivity contribution in [2.75, 3.05) is 36.4 Å². The first kappa shape index (κ1) is 34.9. The van der Waals surface area contributed by atoms with Crippen LogP contribution in [0.15, 0.2) is 42.6 Å². The van der Waals surface area contributed by atoms with Crippen molar-refractivity contribution in [3.05, 3.63) is 70.8 Å². The molecule has 3 aromatic rings. The Morgan fingerprint density at radius 3 is 2.11 bits per heavy atom. The molecule has 4 heterocycles. The molecule has 1 saturated heterocycles. The Balaban J connectivity index is 0.000000617. The summed E-state index contributed by atoms with van der Waals surface area (Å²) in [5, 5.41) is 10.6. The summed E-state index contributed by atoms with van der Waals surface area (Å²) < 4.78 is 73.0. The molecule has 1 aromatic carbocycles. The molecule has 14 heteroatoms. The average molecular weight is 653 g/mol. The maximum Gasteiger partial charge on any atom is 0.490 e. The van der Waals surface area contributed by atoms with Crippen molar-refractivity contribution in [3.63, 3.8) is 0 Å². The zero-order valence-electron chi connectivity index (χ0n) is 26.0. The van der Waals surface area contributed by atoms with E-state index in [1.165, 1.54) is 37.1 Å². The molecule has 0 saturated carbocycles. The van der Waals surface area contributed by atoms with Gasteiger partial charge in [-0.15, -0.1) is 0 Å². The van der Waals surface area contributed by atoms with Crippen LogP contribution in [0.1, 0.15) is 68.2 Å². The largest absolute Gasteiger partial charge is 0.490 e. The second kappa shape index (κ2) is 14.2. The van der Waals surface area contributed by atoms with Crippen LogP contribution in [0.4, 0.5) is 43.7 Å². The van der Waals surface area contributed by atoms with Crippen molar-refractivity contribution in [2.24, 2.45) is 0 Å². The Morgan fingerprint density at radius 2 is 1.52 bits per heavy atom. The highest BCUT2D eigenvalue weighted by Crippen LogP contribution is 2.36. The number of fused-ring (bicyclic) bond motifs is 1. The zero-order valence-corrected chi connectivity index (χ0v) is 26.0. The predicted octanol–water partition coefficient (Wildman–Crippen LogP) is 7.16. The number of hydrogen-bond acceptors (Lipinski definition) is 7. The number of hydrogen-bond donors (Lipinski definition) is 2. The maximum absolute atomic E-state index is 13.7. The molecule has 0 unspecified atom stereocenters. The first-order chi connectivity index (χ1) is 21.5. The zero-order chi connectivity index (χ0) is 33.7. The summed E-state index contributed by atoms with van der Waals surface area (Å²) in [7, 11) is 0. The van der Waals surface area contributed by atoms with E-state index in [1.54, 1.807) is 4.90 Å². The minimum absolute atomic E-state index is 0.0217. The Kier molecular flexibility index (Phi) is 10.8. The first-order valence-electron chi connectivity index (χ1n) is 15.1. The third-order valence-corrected chi connectivity index (χ3v) is 7.85. The number of likely N-dealkylation sites (tertiary alicyclic amines) is 1. The van der Waals surface area contributed by atoms with E-state index in [9.17, 15) is 26.3 Å². The molecular weight excluding hydrogens is 614 g/mol. The molecule has 0 atom stereocenters. The van der Waals surface area contributed by atoms with Crippen molar-refractivity contribution < 1.29 is 36.2 Å². The number of carbonyl (C=O) groups is 1. The lowest BCUT2D eigenvalue weighted by molar-refractivity contribution is -0.192. The molecule has 2 aliphatic heterocycles. The molecule has 46 heavy (non-hydrogen) atoms. The van der Waals surface area contributed by atoms with Gasteiger partial charge < -0.3 is 15.3 Å². The van der Waals surface area contributed by atoms with Crippen LogP contribution in [-0.2, 0) is 35.8 Å². The molecular formula is C32H38F6N6O2. The highest BCUT2D eigenvalue weighted by molar-refractivity contribution is 5.73. The molecule has 0 spiro atoms. The van der Waals surface area contributed by atoms with Gasteiger partial charge in [0.05, 0.1) is 17.8 Å². The number of aliphatic carboxylic acids is 1. The van der Waals surface area contributed by atoms with Crippen molar-refractivity contribution >= 4 is 23.3 Å². The van der Waals surface area contributed by atoms with Crippen molar-refractivity contribution in [3.8, 4) is 0 Å². The van der Waals surface area contributed by atoms with Gasteiger partial charge in [-0.2, -0.15) is 26.3 Å². The third kappa shape index (κ3) is 9.30. The summed E-state index contributed by atoms with van der Waals surface area (Å²) in [5.74, 6) is -1.28. The number of alkyl halides is 6. The summed E-state index contributed by atoms with van der Waals surface area (Å²) in [6.45, 7) is 10.1. The van der Waals surface area contributed by atoms with Crippen LogP contribution in [0.2, 0.25) is 0 Å². The van der Waals surface area contributed by atoms with Gasteiger partial charge in [-0.05, 0) is 67.6 Å². The van der Waals surface area contributed by atoms with E-state index >= 15 is 0 Å². The molecule has 2 aliphatic rings. The van der Waals surface area contributed by atoms with E-state index < -0.39 is 23.9 Å². The Labute approximate surface area is 263 Å². The molecule has 5 rings (SSSR count). The minimum atomic E-state index is -5.08. The number of rotatable bonds is 5. The minimum Gasteiger partial charge on any atom is -0.475 e. The SMILES string of the molecule is CC(C)(C)c1ccc(Nc2nc(CN3CCCCC3)nc3c2CCN(c2ncccc2C(F)(F)F)CC3)cc1.O=C(O)C(F)(F)F. The summed E-state index contributed by atoms with van der Waals surface area (Å²) in [6.07, 6.45) is -3.47. The number of halogens is 6.